The van der Waals surface area contributed by atoms with Gasteiger partial charge in [0.2, 0.25) is 0 Å². The minimum absolute atomic E-state index is 0.192. The maximum atomic E-state index is 8.79. The van der Waals surface area contributed by atoms with E-state index in [-0.39, 0.29) is 6.61 Å². The Kier molecular flexibility index (Phi) is 3.85. The lowest BCUT2D eigenvalue weighted by Gasteiger charge is -2.05. The Hall–Kier alpha value is -1.46. The van der Waals surface area contributed by atoms with Gasteiger partial charge in [-0.05, 0) is 35.6 Å². The second-order valence-electron chi connectivity index (χ2n) is 3.42. The van der Waals surface area contributed by atoms with E-state index in [1.165, 1.54) is 11.5 Å². The van der Waals surface area contributed by atoms with Crippen molar-refractivity contribution >= 4 is 17.2 Å². The molecule has 0 aliphatic rings. The van der Waals surface area contributed by atoms with Crippen LogP contribution in [0.4, 0.5) is 5.69 Å². The molecule has 0 saturated carbocycles. The van der Waals surface area contributed by atoms with Crippen LogP contribution in [0.3, 0.4) is 0 Å². The molecule has 0 fully saturated rings. The molecule has 5 heteroatoms. The van der Waals surface area contributed by atoms with Crippen molar-refractivity contribution in [2.24, 2.45) is 0 Å². The molecule has 16 heavy (non-hydrogen) atoms. The van der Waals surface area contributed by atoms with Crippen molar-refractivity contribution in [2.75, 3.05) is 11.9 Å². The van der Waals surface area contributed by atoms with E-state index in [9.17, 15) is 0 Å². The van der Waals surface area contributed by atoms with Crippen molar-refractivity contribution in [3.63, 3.8) is 0 Å². The number of hydrogen-bond acceptors (Lipinski definition) is 5. The largest absolute Gasteiger partial charge is 0.396 e. The molecule has 0 saturated heterocycles. The highest BCUT2D eigenvalue weighted by atomic mass is 32.1. The van der Waals surface area contributed by atoms with Crippen molar-refractivity contribution < 1.29 is 5.11 Å². The van der Waals surface area contributed by atoms with E-state index in [1.807, 2.05) is 29.6 Å². The number of nitrogens with zero attached hydrogens (tertiary/aromatic N) is 2. The summed E-state index contributed by atoms with van der Waals surface area (Å²) in [6, 6.07) is 8.03. The molecule has 2 rings (SSSR count). The van der Waals surface area contributed by atoms with E-state index in [1.54, 1.807) is 0 Å². The van der Waals surface area contributed by atoms with Crippen molar-refractivity contribution in [3.05, 3.63) is 40.9 Å². The molecule has 0 aliphatic carbocycles. The molecule has 0 radical (unpaired) electrons. The third-order valence-electron chi connectivity index (χ3n) is 2.23. The Balaban J connectivity index is 1.90. The standard InChI is InChI=1S/C11H13N3OS/c15-6-5-9-1-3-10(4-2-9)12-7-11-8-16-14-13-11/h1-4,8,12,15H,5-7H2. The maximum absolute atomic E-state index is 8.79. The molecule has 0 aliphatic heterocycles. The first kappa shape index (κ1) is 11.0. The average molecular weight is 235 g/mol. The van der Waals surface area contributed by atoms with E-state index >= 15 is 0 Å². The van der Waals surface area contributed by atoms with E-state index in [4.69, 9.17) is 5.11 Å². The minimum Gasteiger partial charge on any atom is -0.396 e. The number of aliphatic hydroxyl groups excluding tert-OH is 1. The van der Waals surface area contributed by atoms with Gasteiger partial charge in [-0.3, -0.25) is 0 Å². The van der Waals surface area contributed by atoms with Gasteiger partial charge in [0, 0.05) is 17.7 Å². The molecule has 2 aromatic rings. The van der Waals surface area contributed by atoms with Gasteiger partial charge in [-0.15, -0.1) is 5.10 Å². The number of hydrogen-bond donors (Lipinski definition) is 2. The number of aliphatic hydroxyl groups is 1. The van der Waals surface area contributed by atoms with Gasteiger partial charge in [0.25, 0.3) is 0 Å². The van der Waals surface area contributed by atoms with E-state index in [2.05, 4.69) is 14.9 Å². The van der Waals surface area contributed by atoms with Gasteiger partial charge < -0.3 is 10.4 Å². The highest BCUT2D eigenvalue weighted by Crippen LogP contribution is 2.11. The molecule has 4 nitrogen and oxygen atoms in total. The first-order chi connectivity index (χ1) is 7.88. The minimum atomic E-state index is 0.192. The Labute approximate surface area is 98.1 Å². The highest BCUT2D eigenvalue weighted by molar-refractivity contribution is 7.03. The molecule has 2 N–H and O–H groups in total. The van der Waals surface area contributed by atoms with Crippen LogP contribution in [0.5, 0.6) is 0 Å². The number of aromatic nitrogens is 2. The summed E-state index contributed by atoms with van der Waals surface area (Å²) in [7, 11) is 0. The lowest BCUT2D eigenvalue weighted by molar-refractivity contribution is 0.299. The van der Waals surface area contributed by atoms with Crippen molar-refractivity contribution in [3.8, 4) is 0 Å². The number of benzene rings is 1. The summed E-state index contributed by atoms with van der Waals surface area (Å²) < 4.78 is 3.80. The zero-order chi connectivity index (χ0) is 11.2. The monoisotopic (exact) mass is 235 g/mol. The topological polar surface area (TPSA) is 58.0 Å². The van der Waals surface area contributed by atoms with E-state index in [0.717, 1.165) is 16.9 Å². The summed E-state index contributed by atoms with van der Waals surface area (Å²) >= 11 is 1.35. The van der Waals surface area contributed by atoms with Crippen LogP contribution in [0, 0.1) is 0 Å². The van der Waals surface area contributed by atoms with Crippen LogP contribution in [0.2, 0.25) is 0 Å². The molecule has 0 atom stereocenters. The smallest absolute Gasteiger partial charge is 0.0946 e. The number of rotatable bonds is 5. The first-order valence-corrected chi connectivity index (χ1v) is 5.92. The molecule has 0 spiro atoms. The highest BCUT2D eigenvalue weighted by Gasteiger charge is 1.97. The summed E-state index contributed by atoms with van der Waals surface area (Å²) in [5.41, 5.74) is 3.14. The predicted molar refractivity (Wildman–Crippen MR) is 64.5 cm³/mol. The SMILES string of the molecule is OCCc1ccc(NCc2csnn2)cc1. The van der Waals surface area contributed by atoms with Crippen LogP contribution in [0.15, 0.2) is 29.6 Å². The third-order valence-corrected chi connectivity index (χ3v) is 2.79. The number of nitrogens with one attached hydrogen (secondary N) is 1. The number of anilines is 1. The molecule has 0 amide bonds. The Morgan fingerprint density at radius 1 is 1.25 bits per heavy atom. The maximum Gasteiger partial charge on any atom is 0.0946 e. The molecule has 1 aromatic heterocycles. The van der Waals surface area contributed by atoms with Gasteiger partial charge in [-0.2, -0.15) is 0 Å². The third kappa shape index (κ3) is 3.01. The van der Waals surface area contributed by atoms with Crippen LogP contribution in [-0.2, 0) is 13.0 Å². The molecule has 1 aromatic carbocycles. The fraction of sp³-hybridized carbons (Fsp3) is 0.273. The van der Waals surface area contributed by atoms with Gasteiger partial charge in [-0.1, -0.05) is 16.6 Å². The molecular formula is C11H13N3OS. The van der Waals surface area contributed by atoms with Crippen LogP contribution in [0.1, 0.15) is 11.3 Å². The Morgan fingerprint density at radius 2 is 2.06 bits per heavy atom. The average Bonchev–Trinajstić information content (AvgIpc) is 2.82. The summed E-state index contributed by atoms with van der Waals surface area (Å²) in [5.74, 6) is 0. The second kappa shape index (κ2) is 5.58. The summed E-state index contributed by atoms with van der Waals surface area (Å²) in [5, 5.41) is 17.9. The van der Waals surface area contributed by atoms with Gasteiger partial charge in [0.05, 0.1) is 12.2 Å². The van der Waals surface area contributed by atoms with E-state index in [0.29, 0.717) is 13.0 Å². The van der Waals surface area contributed by atoms with Crippen molar-refractivity contribution in [1.29, 1.82) is 0 Å². The van der Waals surface area contributed by atoms with Crippen LogP contribution in [-0.4, -0.2) is 21.3 Å². The quantitative estimate of drug-likeness (QED) is 0.828. The zero-order valence-electron chi connectivity index (χ0n) is 8.76. The van der Waals surface area contributed by atoms with Crippen molar-refractivity contribution in [2.45, 2.75) is 13.0 Å². The van der Waals surface area contributed by atoms with Gasteiger partial charge in [0.1, 0.15) is 0 Å². The fourth-order valence-corrected chi connectivity index (χ4v) is 1.82. The summed E-state index contributed by atoms with van der Waals surface area (Å²) in [4.78, 5) is 0. The second-order valence-corrected chi connectivity index (χ2v) is 4.03. The molecule has 84 valence electrons. The Bertz CT molecular complexity index is 413. The molecule has 0 unspecified atom stereocenters. The zero-order valence-corrected chi connectivity index (χ0v) is 9.57. The van der Waals surface area contributed by atoms with E-state index < -0.39 is 0 Å². The fourth-order valence-electron chi connectivity index (χ4n) is 1.37. The van der Waals surface area contributed by atoms with Crippen LogP contribution < -0.4 is 5.32 Å². The normalized spacial score (nSPS) is 10.3. The van der Waals surface area contributed by atoms with Gasteiger partial charge in [-0.25, -0.2) is 0 Å². The molecule has 0 bridgehead atoms. The van der Waals surface area contributed by atoms with Gasteiger partial charge >= 0.3 is 0 Å². The lowest BCUT2D eigenvalue weighted by Crippen LogP contribution is -2.00. The summed E-state index contributed by atoms with van der Waals surface area (Å²) in [6.45, 7) is 0.882. The molecular weight excluding hydrogens is 222 g/mol. The van der Waals surface area contributed by atoms with Crippen LogP contribution in [0.25, 0.3) is 0 Å². The van der Waals surface area contributed by atoms with Crippen molar-refractivity contribution in [1.82, 2.24) is 9.59 Å². The first-order valence-electron chi connectivity index (χ1n) is 5.08. The molecule has 1 heterocycles. The van der Waals surface area contributed by atoms with Crippen LogP contribution >= 0.6 is 11.5 Å². The predicted octanol–water partition coefficient (Wildman–Crippen LogP) is 1.69. The Morgan fingerprint density at radius 3 is 2.69 bits per heavy atom. The lowest BCUT2D eigenvalue weighted by atomic mass is 10.1. The summed E-state index contributed by atoms with van der Waals surface area (Å²) in [6.07, 6.45) is 0.705. The van der Waals surface area contributed by atoms with Gasteiger partial charge in [0.15, 0.2) is 0 Å².